The second kappa shape index (κ2) is 9.28. The van der Waals surface area contributed by atoms with Gasteiger partial charge in [-0.15, -0.1) is 11.8 Å². The minimum absolute atomic E-state index is 0.0425. The number of anilines is 1. The van der Waals surface area contributed by atoms with Crippen LogP contribution in [0.25, 0.3) is 0 Å². The summed E-state index contributed by atoms with van der Waals surface area (Å²) in [6.45, 7) is 5.88. The maximum atomic E-state index is 12.2. The van der Waals surface area contributed by atoms with Crippen LogP contribution in [0.1, 0.15) is 35.3 Å². The zero-order valence-corrected chi connectivity index (χ0v) is 15.7. The summed E-state index contributed by atoms with van der Waals surface area (Å²) in [7, 11) is 0. The fourth-order valence-electron chi connectivity index (χ4n) is 2.34. The zero-order valence-electron chi connectivity index (χ0n) is 14.8. The summed E-state index contributed by atoms with van der Waals surface area (Å²) in [6, 6.07) is 15.3. The van der Waals surface area contributed by atoms with Crippen LogP contribution >= 0.6 is 11.8 Å². The summed E-state index contributed by atoms with van der Waals surface area (Å²) in [6.07, 6.45) is 0. The first-order valence-electron chi connectivity index (χ1n) is 8.29. The molecule has 0 spiro atoms. The average molecular weight is 356 g/mol. The Balaban J connectivity index is 1.92. The van der Waals surface area contributed by atoms with Crippen LogP contribution in [-0.2, 0) is 10.5 Å². The van der Waals surface area contributed by atoms with Crippen molar-refractivity contribution in [1.82, 2.24) is 5.32 Å². The van der Waals surface area contributed by atoms with Crippen molar-refractivity contribution in [3.05, 3.63) is 65.2 Å². The molecule has 2 rings (SSSR count). The molecule has 2 aromatic carbocycles. The Labute approximate surface area is 153 Å². The van der Waals surface area contributed by atoms with Crippen molar-refractivity contribution in [3.8, 4) is 0 Å². The van der Waals surface area contributed by atoms with Crippen LogP contribution in [0.2, 0.25) is 0 Å². The molecule has 0 fully saturated rings. The lowest BCUT2D eigenvalue weighted by Gasteiger charge is -2.13. The van der Waals surface area contributed by atoms with Crippen molar-refractivity contribution in [2.24, 2.45) is 0 Å². The summed E-state index contributed by atoms with van der Waals surface area (Å²) < 4.78 is 0. The van der Waals surface area contributed by atoms with Crippen molar-refractivity contribution in [2.45, 2.75) is 32.6 Å². The lowest BCUT2D eigenvalue weighted by atomic mass is 10.1. The summed E-state index contributed by atoms with van der Waals surface area (Å²) in [5.74, 6) is 0.839. The average Bonchev–Trinajstić information content (AvgIpc) is 2.56. The highest BCUT2D eigenvalue weighted by Crippen LogP contribution is 2.18. The van der Waals surface area contributed by atoms with Crippen molar-refractivity contribution in [2.75, 3.05) is 11.1 Å². The number of benzene rings is 2. The SMILES string of the molecule is Cc1ccccc1CSCC(=O)Nc1ccccc1C(=O)NC(C)C. The Kier molecular flexibility index (Phi) is 7.07. The lowest BCUT2D eigenvalue weighted by molar-refractivity contribution is -0.113. The predicted molar refractivity (Wildman–Crippen MR) is 105 cm³/mol. The zero-order chi connectivity index (χ0) is 18.2. The van der Waals surface area contributed by atoms with Gasteiger partial charge in [0.25, 0.3) is 5.91 Å². The molecule has 132 valence electrons. The van der Waals surface area contributed by atoms with Crippen molar-refractivity contribution >= 4 is 29.3 Å². The van der Waals surface area contributed by atoms with E-state index in [-0.39, 0.29) is 17.9 Å². The molecule has 0 radical (unpaired) electrons. The van der Waals surface area contributed by atoms with E-state index in [1.54, 1.807) is 30.0 Å². The maximum Gasteiger partial charge on any atom is 0.253 e. The summed E-state index contributed by atoms with van der Waals surface area (Å²) >= 11 is 1.56. The first-order chi connectivity index (χ1) is 12.0. The van der Waals surface area contributed by atoms with Crippen molar-refractivity contribution in [1.29, 1.82) is 0 Å². The summed E-state index contributed by atoms with van der Waals surface area (Å²) in [4.78, 5) is 24.4. The second-order valence-electron chi connectivity index (χ2n) is 6.14. The van der Waals surface area contributed by atoms with Gasteiger partial charge in [0.1, 0.15) is 0 Å². The molecule has 0 unspecified atom stereocenters. The molecule has 5 heteroatoms. The molecule has 0 saturated heterocycles. The first kappa shape index (κ1) is 19.1. The van der Waals surface area contributed by atoms with Gasteiger partial charge in [-0.1, -0.05) is 36.4 Å². The molecule has 2 aromatic rings. The van der Waals surface area contributed by atoms with Gasteiger partial charge in [-0.2, -0.15) is 0 Å². The van der Waals surface area contributed by atoms with E-state index in [2.05, 4.69) is 29.7 Å². The monoisotopic (exact) mass is 356 g/mol. The number of carbonyl (C=O) groups excluding carboxylic acids is 2. The number of carbonyl (C=O) groups is 2. The molecule has 0 saturated carbocycles. The largest absolute Gasteiger partial charge is 0.350 e. The molecule has 0 heterocycles. The lowest BCUT2D eigenvalue weighted by Crippen LogP contribution is -2.31. The molecular formula is C20H24N2O2S. The fraction of sp³-hybridized carbons (Fsp3) is 0.300. The summed E-state index contributed by atoms with van der Waals surface area (Å²) in [5, 5.41) is 5.69. The molecule has 0 aromatic heterocycles. The fourth-order valence-corrected chi connectivity index (χ4v) is 3.25. The number of hydrogen-bond acceptors (Lipinski definition) is 3. The van der Waals surface area contributed by atoms with Crippen LogP contribution in [0, 0.1) is 6.92 Å². The number of thioether (sulfide) groups is 1. The maximum absolute atomic E-state index is 12.2. The van der Waals surface area contributed by atoms with Crippen LogP contribution in [0.4, 0.5) is 5.69 Å². The Morgan fingerprint density at radius 2 is 1.72 bits per heavy atom. The van der Waals surface area contributed by atoms with Crippen LogP contribution < -0.4 is 10.6 Å². The highest BCUT2D eigenvalue weighted by atomic mass is 32.2. The number of hydrogen-bond donors (Lipinski definition) is 2. The van der Waals surface area contributed by atoms with E-state index >= 15 is 0 Å². The molecular weight excluding hydrogens is 332 g/mol. The Hall–Kier alpha value is -2.27. The van der Waals surface area contributed by atoms with Crippen LogP contribution in [0.3, 0.4) is 0 Å². The Morgan fingerprint density at radius 3 is 2.44 bits per heavy atom. The van der Waals surface area contributed by atoms with Crippen molar-refractivity contribution in [3.63, 3.8) is 0 Å². The van der Waals surface area contributed by atoms with Gasteiger partial charge in [-0.3, -0.25) is 9.59 Å². The minimum atomic E-state index is -0.182. The predicted octanol–water partition coefficient (Wildman–Crippen LogP) is 4.01. The van der Waals surface area contributed by atoms with Gasteiger partial charge in [0.2, 0.25) is 5.91 Å². The van der Waals surface area contributed by atoms with Gasteiger partial charge in [-0.05, 0) is 44.0 Å². The van der Waals surface area contributed by atoms with E-state index in [4.69, 9.17) is 0 Å². The van der Waals surface area contributed by atoms with E-state index in [0.29, 0.717) is 17.0 Å². The van der Waals surface area contributed by atoms with Gasteiger partial charge >= 0.3 is 0 Å². The van der Waals surface area contributed by atoms with E-state index < -0.39 is 0 Å². The van der Waals surface area contributed by atoms with E-state index in [0.717, 1.165) is 5.75 Å². The highest BCUT2D eigenvalue weighted by molar-refractivity contribution is 7.99. The van der Waals surface area contributed by atoms with E-state index in [1.807, 2.05) is 32.0 Å². The third kappa shape index (κ3) is 5.94. The highest BCUT2D eigenvalue weighted by Gasteiger charge is 2.13. The number of nitrogens with one attached hydrogen (secondary N) is 2. The molecule has 4 nitrogen and oxygen atoms in total. The quantitative estimate of drug-likeness (QED) is 0.788. The third-order valence-corrected chi connectivity index (χ3v) is 4.60. The molecule has 0 bridgehead atoms. The smallest absolute Gasteiger partial charge is 0.253 e. The van der Waals surface area contributed by atoms with Crippen LogP contribution in [-0.4, -0.2) is 23.6 Å². The Morgan fingerprint density at radius 1 is 1.04 bits per heavy atom. The van der Waals surface area contributed by atoms with Gasteiger partial charge in [-0.25, -0.2) is 0 Å². The molecule has 25 heavy (non-hydrogen) atoms. The number of rotatable bonds is 7. The van der Waals surface area contributed by atoms with Gasteiger partial charge < -0.3 is 10.6 Å². The van der Waals surface area contributed by atoms with Gasteiger partial charge in [0.05, 0.1) is 17.0 Å². The van der Waals surface area contributed by atoms with Crippen LogP contribution in [0.15, 0.2) is 48.5 Å². The minimum Gasteiger partial charge on any atom is -0.350 e. The molecule has 0 aliphatic rings. The van der Waals surface area contributed by atoms with Crippen LogP contribution in [0.5, 0.6) is 0 Å². The van der Waals surface area contributed by atoms with Gasteiger partial charge in [0, 0.05) is 11.8 Å². The van der Waals surface area contributed by atoms with Crippen molar-refractivity contribution < 1.29 is 9.59 Å². The Bertz CT molecular complexity index is 744. The molecule has 0 aliphatic heterocycles. The molecule has 2 N–H and O–H groups in total. The standard InChI is InChI=1S/C20H24N2O2S/c1-14(2)21-20(24)17-10-6-7-11-18(17)22-19(23)13-25-12-16-9-5-4-8-15(16)3/h4-11,14H,12-13H2,1-3H3,(H,21,24)(H,22,23). The van der Waals surface area contributed by atoms with Gasteiger partial charge in [0.15, 0.2) is 0 Å². The number of amides is 2. The molecule has 0 aliphatic carbocycles. The topological polar surface area (TPSA) is 58.2 Å². The number of para-hydroxylation sites is 1. The summed E-state index contributed by atoms with van der Waals surface area (Å²) in [5.41, 5.74) is 3.48. The molecule has 0 atom stereocenters. The normalized spacial score (nSPS) is 10.6. The molecule has 2 amide bonds. The number of aryl methyl sites for hydroxylation is 1. The third-order valence-electron chi connectivity index (χ3n) is 3.62. The van der Waals surface area contributed by atoms with E-state index in [9.17, 15) is 9.59 Å². The second-order valence-corrected chi connectivity index (χ2v) is 7.13. The van der Waals surface area contributed by atoms with E-state index in [1.165, 1.54) is 11.1 Å². The first-order valence-corrected chi connectivity index (χ1v) is 9.45.